The molecule has 3 rings (SSSR count). The van der Waals surface area contributed by atoms with Gasteiger partial charge in [-0.05, 0) is 30.7 Å². The number of nitrogens with zero attached hydrogens (tertiary/aromatic N) is 3. The van der Waals surface area contributed by atoms with E-state index in [1.807, 2.05) is 37.3 Å². The Morgan fingerprint density at radius 1 is 0.913 bits per heavy atom. The lowest BCUT2D eigenvalue weighted by Crippen LogP contribution is -2.02. The van der Waals surface area contributed by atoms with Gasteiger partial charge in [-0.1, -0.05) is 48.0 Å². The summed E-state index contributed by atoms with van der Waals surface area (Å²) in [4.78, 5) is 12.6. The minimum absolute atomic E-state index is 0.103. The van der Waals surface area contributed by atoms with Gasteiger partial charge < -0.3 is 10.8 Å². The van der Waals surface area contributed by atoms with E-state index in [0.29, 0.717) is 17.2 Å². The van der Waals surface area contributed by atoms with Gasteiger partial charge in [0.15, 0.2) is 11.6 Å². The number of rotatable bonds is 3. The molecule has 0 saturated carbocycles. The number of nitrogen functional groups attached to an aromatic ring is 1. The molecule has 0 radical (unpaired) electrons. The van der Waals surface area contributed by atoms with Crippen LogP contribution in [0.1, 0.15) is 17.0 Å². The van der Waals surface area contributed by atoms with Crippen LogP contribution >= 0.6 is 0 Å². The number of nitrogens with two attached hydrogens (primary N) is 1. The van der Waals surface area contributed by atoms with Crippen molar-refractivity contribution in [1.29, 1.82) is 0 Å². The summed E-state index contributed by atoms with van der Waals surface area (Å²) in [5, 5.41) is 9.92. The smallest absolute Gasteiger partial charge is 0.224 e. The van der Waals surface area contributed by atoms with Crippen LogP contribution in [0.2, 0.25) is 0 Å². The van der Waals surface area contributed by atoms with Crippen molar-refractivity contribution in [3.63, 3.8) is 0 Å². The van der Waals surface area contributed by atoms with Crippen LogP contribution in [0, 0.1) is 6.92 Å². The molecule has 1 aromatic heterocycles. The van der Waals surface area contributed by atoms with E-state index in [0.717, 1.165) is 5.56 Å². The van der Waals surface area contributed by atoms with Gasteiger partial charge in [-0.2, -0.15) is 9.97 Å². The average molecular weight is 304 g/mol. The van der Waals surface area contributed by atoms with E-state index in [1.54, 1.807) is 30.3 Å². The first kappa shape index (κ1) is 14.7. The van der Waals surface area contributed by atoms with Gasteiger partial charge in [-0.15, -0.1) is 0 Å². The van der Waals surface area contributed by atoms with Gasteiger partial charge in [0.2, 0.25) is 5.95 Å². The summed E-state index contributed by atoms with van der Waals surface area (Å²) >= 11 is 0. The molecule has 0 aliphatic heterocycles. The molecule has 0 bridgehead atoms. The van der Waals surface area contributed by atoms with E-state index >= 15 is 0 Å². The first-order valence-electron chi connectivity index (χ1n) is 7.16. The predicted octanol–water partition coefficient (Wildman–Crippen LogP) is 3.31. The molecule has 0 amide bonds. The SMILES string of the molecule is Cc1ccc(C=Cc2nc(N)nc(-c3ccccc3O)n2)cc1. The second-order valence-electron chi connectivity index (χ2n) is 5.14. The van der Waals surface area contributed by atoms with E-state index in [-0.39, 0.29) is 11.7 Å². The second kappa shape index (κ2) is 6.27. The molecule has 3 aromatic rings. The average Bonchev–Trinajstić information content (AvgIpc) is 2.54. The Morgan fingerprint density at radius 3 is 2.39 bits per heavy atom. The van der Waals surface area contributed by atoms with Crippen molar-refractivity contribution in [2.24, 2.45) is 0 Å². The summed E-state index contributed by atoms with van der Waals surface area (Å²) in [7, 11) is 0. The molecule has 0 saturated heterocycles. The zero-order valence-electron chi connectivity index (χ0n) is 12.6. The number of benzene rings is 2. The molecule has 3 N–H and O–H groups in total. The van der Waals surface area contributed by atoms with Gasteiger partial charge in [0.25, 0.3) is 0 Å². The zero-order valence-corrected chi connectivity index (χ0v) is 12.6. The topological polar surface area (TPSA) is 84.9 Å². The van der Waals surface area contributed by atoms with Crippen LogP contribution in [-0.2, 0) is 0 Å². The molecular formula is C18H16N4O. The van der Waals surface area contributed by atoms with Crippen molar-refractivity contribution in [3.05, 3.63) is 65.5 Å². The Bertz CT molecular complexity index is 857. The molecule has 0 unspecified atom stereocenters. The van der Waals surface area contributed by atoms with Crippen LogP contribution in [0.25, 0.3) is 23.5 Å². The minimum Gasteiger partial charge on any atom is -0.507 e. The normalized spacial score (nSPS) is 11.0. The van der Waals surface area contributed by atoms with Crippen molar-refractivity contribution in [3.8, 4) is 17.1 Å². The quantitative estimate of drug-likeness (QED) is 0.775. The number of phenolic OH excluding ortho intramolecular Hbond substituents is 1. The molecule has 23 heavy (non-hydrogen) atoms. The van der Waals surface area contributed by atoms with Crippen LogP contribution in [0.15, 0.2) is 48.5 Å². The van der Waals surface area contributed by atoms with Crippen molar-refractivity contribution < 1.29 is 5.11 Å². The fourth-order valence-corrected chi connectivity index (χ4v) is 2.12. The highest BCUT2D eigenvalue weighted by Crippen LogP contribution is 2.26. The van der Waals surface area contributed by atoms with Gasteiger partial charge in [0, 0.05) is 0 Å². The molecule has 0 atom stereocenters. The summed E-state index contributed by atoms with van der Waals surface area (Å²) in [5.41, 5.74) is 8.52. The first-order valence-corrected chi connectivity index (χ1v) is 7.16. The van der Waals surface area contributed by atoms with E-state index in [2.05, 4.69) is 15.0 Å². The maximum atomic E-state index is 9.92. The molecule has 0 aliphatic carbocycles. The summed E-state index contributed by atoms with van der Waals surface area (Å²) in [5.74, 6) is 1.00. The Kier molecular flexibility index (Phi) is 4.01. The van der Waals surface area contributed by atoms with Gasteiger partial charge in [0.05, 0.1) is 5.56 Å². The lowest BCUT2D eigenvalue weighted by atomic mass is 10.1. The molecule has 114 valence electrons. The Morgan fingerprint density at radius 2 is 1.65 bits per heavy atom. The molecule has 5 nitrogen and oxygen atoms in total. The molecular weight excluding hydrogens is 288 g/mol. The van der Waals surface area contributed by atoms with Crippen molar-refractivity contribution >= 4 is 18.1 Å². The van der Waals surface area contributed by atoms with Crippen LogP contribution in [0.5, 0.6) is 5.75 Å². The Hall–Kier alpha value is -3.21. The Balaban J connectivity index is 1.95. The van der Waals surface area contributed by atoms with Crippen molar-refractivity contribution in [1.82, 2.24) is 15.0 Å². The summed E-state index contributed by atoms with van der Waals surface area (Å²) in [6.07, 6.45) is 3.68. The number of aryl methyl sites for hydroxylation is 1. The molecule has 5 heteroatoms. The fraction of sp³-hybridized carbons (Fsp3) is 0.0556. The number of phenols is 1. The molecule has 1 heterocycles. The molecule has 0 spiro atoms. The molecule has 2 aromatic carbocycles. The van der Waals surface area contributed by atoms with Crippen molar-refractivity contribution in [2.45, 2.75) is 6.92 Å². The van der Waals surface area contributed by atoms with Crippen LogP contribution in [0.4, 0.5) is 5.95 Å². The summed E-state index contributed by atoms with van der Waals surface area (Å²) in [6, 6.07) is 15.0. The van der Waals surface area contributed by atoms with E-state index in [9.17, 15) is 5.11 Å². The van der Waals surface area contributed by atoms with Gasteiger partial charge >= 0.3 is 0 Å². The van der Waals surface area contributed by atoms with Crippen LogP contribution in [-0.4, -0.2) is 20.1 Å². The zero-order chi connectivity index (χ0) is 16.2. The van der Waals surface area contributed by atoms with Gasteiger partial charge in [-0.25, -0.2) is 4.98 Å². The lowest BCUT2D eigenvalue weighted by molar-refractivity contribution is 0.477. The highest BCUT2D eigenvalue weighted by atomic mass is 16.3. The van der Waals surface area contributed by atoms with E-state index in [1.165, 1.54) is 5.56 Å². The number of aromatic nitrogens is 3. The standard InChI is InChI=1S/C18H16N4O/c1-12-6-8-13(9-7-12)10-11-16-20-17(22-18(19)21-16)14-4-2-3-5-15(14)23/h2-11,23H,1H3,(H2,19,20,21,22). The predicted molar refractivity (Wildman–Crippen MR) is 91.4 cm³/mol. The van der Waals surface area contributed by atoms with Crippen LogP contribution < -0.4 is 5.73 Å². The minimum atomic E-state index is 0.103. The largest absolute Gasteiger partial charge is 0.507 e. The highest BCUT2D eigenvalue weighted by Gasteiger charge is 2.09. The summed E-state index contributed by atoms with van der Waals surface area (Å²) < 4.78 is 0. The number of hydrogen-bond acceptors (Lipinski definition) is 5. The third-order valence-corrected chi connectivity index (χ3v) is 3.32. The van der Waals surface area contributed by atoms with E-state index < -0.39 is 0 Å². The third kappa shape index (κ3) is 3.52. The van der Waals surface area contributed by atoms with Gasteiger partial charge in [-0.3, -0.25) is 0 Å². The maximum absolute atomic E-state index is 9.92. The first-order chi connectivity index (χ1) is 11.1. The third-order valence-electron chi connectivity index (χ3n) is 3.32. The van der Waals surface area contributed by atoms with Gasteiger partial charge in [0.1, 0.15) is 5.75 Å². The highest BCUT2D eigenvalue weighted by molar-refractivity contribution is 5.69. The van der Waals surface area contributed by atoms with Crippen molar-refractivity contribution in [2.75, 3.05) is 5.73 Å². The monoisotopic (exact) mass is 304 g/mol. The second-order valence-corrected chi connectivity index (χ2v) is 5.14. The number of hydrogen-bond donors (Lipinski definition) is 2. The van der Waals surface area contributed by atoms with E-state index in [4.69, 9.17) is 5.73 Å². The number of anilines is 1. The Labute approximate surface area is 134 Å². The maximum Gasteiger partial charge on any atom is 0.224 e. The molecule has 0 aliphatic rings. The number of para-hydroxylation sites is 1. The lowest BCUT2D eigenvalue weighted by Gasteiger charge is -2.04. The number of aromatic hydroxyl groups is 1. The molecule has 0 fully saturated rings. The fourth-order valence-electron chi connectivity index (χ4n) is 2.12. The summed E-state index contributed by atoms with van der Waals surface area (Å²) in [6.45, 7) is 2.04. The van der Waals surface area contributed by atoms with Crippen LogP contribution in [0.3, 0.4) is 0 Å².